The highest BCUT2D eigenvalue weighted by Gasteiger charge is 2.57. The lowest BCUT2D eigenvalue weighted by Crippen LogP contribution is -2.60. The Balaban J connectivity index is 1.44. The van der Waals surface area contributed by atoms with Gasteiger partial charge in [-0.2, -0.15) is 0 Å². The molecule has 0 aromatic heterocycles. The van der Waals surface area contributed by atoms with E-state index in [1.54, 1.807) is 55.1 Å². The van der Waals surface area contributed by atoms with Crippen LogP contribution in [0.5, 0.6) is 0 Å². The highest BCUT2D eigenvalue weighted by atomic mass is 35.5. The van der Waals surface area contributed by atoms with Crippen LogP contribution in [0.4, 0.5) is 0 Å². The second-order valence-electron chi connectivity index (χ2n) is 19.6. The molecule has 378 valence electrons. The van der Waals surface area contributed by atoms with E-state index in [1.807, 2.05) is 41.5 Å². The summed E-state index contributed by atoms with van der Waals surface area (Å²) in [6.45, 7) is 13.2. The van der Waals surface area contributed by atoms with Gasteiger partial charge >= 0.3 is 5.97 Å². The number of nitrogens with one attached hydrogen (secondary N) is 2. The number of ether oxygens (including phenoxy) is 2. The van der Waals surface area contributed by atoms with Gasteiger partial charge in [-0.15, -0.1) is 0 Å². The fraction of sp³-hybridized carbons (Fsp3) is 0.680. The fourth-order valence-corrected chi connectivity index (χ4v) is 10.2. The first-order valence-corrected chi connectivity index (χ1v) is 24.5. The maximum atomic E-state index is 14.6. The Labute approximate surface area is 407 Å². The van der Waals surface area contributed by atoms with Crippen molar-refractivity contribution in [3.63, 3.8) is 0 Å². The van der Waals surface area contributed by atoms with E-state index < -0.39 is 66.1 Å². The third-order valence-corrected chi connectivity index (χ3v) is 14.6. The monoisotopic (exact) mass is 971 g/mol. The van der Waals surface area contributed by atoms with E-state index in [0.29, 0.717) is 42.7 Å². The first-order chi connectivity index (χ1) is 32.1. The van der Waals surface area contributed by atoms with E-state index in [9.17, 15) is 43.5 Å². The Kier molecular flexibility index (Phi) is 20.6. The molecule has 17 nitrogen and oxygen atoms in total. The summed E-state index contributed by atoms with van der Waals surface area (Å²) in [7, 11) is 6.22. The molecular formula is C50H75ClN6O11. The zero-order valence-electron chi connectivity index (χ0n) is 41.7. The van der Waals surface area contributed by atoms with Gasteiger partial charge in [0.05, 0.1) is 36.6 Å². The fourth-order valence-electron chi connectivity index (χ4n) is 10.00. The quantitative estimate of drug-likeness (QED) is 0.0827. The lowest BCUT2D eigenvalue weighted by molar-refractivity contribution is -0.149. The SMILES string of the molecule is CC[C@H](C)[C@@H]([C@@H](CC(=O)N1[C@H]2C[C@H]2C[C@H]1[C@H](OC)[C@@H](C)C(=O)N[C@@H](Cc1ccccc1Cl)C(=O)O)OC)N(C)C(=O)[C@@H](NC(=O)[C@H](C(C)C)N(C)C(=O)CCCCCN1C(=O)C=CC1=O)C(C)C. The normalized spacial score (nSPS) is 21.1. The van der Waals surface area contributed by atoms with Crippen LogP contribution in [-0.2, 0) is 54.3 Å². The number of piperidine rings is 1. The number of likely N-dealkylation sites (tertiary alicyclic amines) is 1. The van der Waals surface area contributed by atoms with Crippen molar-refractivity contribution in [2.45, 2.75) is 155 Å². The molecule has 1 aromatic rings. The second-order valence-corrected chi connectivity index (χ2v) is 20.0. The number of hydrogen-bond donors (Lipinski definition) is 3. The van der Waals surface area contributed by atoms with Crippen molar-refractivity contribution in [2.75, 3.05) is 34.9 Å². The molecule has 1 saturated heterocycles. The summed E-state index contributed by atoms with van der Waals surface area (Å²) in [6.07, 6.45) is 4.75. The number of halogens is 1. The van der Waals surface area contributed by atoms with E-state index in [1.165, 1.54) is 36.2 Å². The number of carboxylic acid groups (broad SMARTS) is 1. The minimum atomic E-state index is -1.25. The van der Waals surface area contributed by atoms with Crippen LogP contribution in [0.15, 0.2) is 36.4 Å². The molecular weight excluding hydrogens is 896 g/mol. The predicted octanol–water partition coefficient (Wildman–Crippen LogP) is 4.48. The second kappa shape index (κ2) is 25.1. The number of amides is 7. The van der Waals surface area contributed by atoms with Crippen molar-refractivity contribution in [3.8, 4) is 0 Å². The molecule has 3 N–H and O–H groups in total. The van der Waals surface area contributed by atoms with Crippen LogP contribution in [0.25, 0.3) is 0 Å². The molecule has 7 amide bonds. The molecule has 0 unspecified atom stereocenters. The zero-order valence-corrected chi connectivity index (χ0v) is 42.5. The van der Waals surface area contributed by atoms with Gasteiger partial charge in [0.1, 0.15) is 18.1 Å². The number of likely N-dealkylation sites (N-methyl/N-ethyl adjacent to an activating group) is 2. The summed E-state index contributed by atoms with van der Waals surface area (Å²) < 4.78 is 12.0. The molecule has 2 aliphatic heterocycles. The molecule has 3 aliphatic rings. The van der Waals surface area contributed by atoms with Crippen LogP contribution in [0.1, 0.15) is 105 Å². The van der Waals surface area contributed by atoms with Gasteiger partial charge < -0.3 is 39.9 Å². The van der Waals surface area contributed by atoms with E-state index in [0.717, 1.165) is 6.42 Å². The standard InChI is InChI=1S/C50H75ClN6O11/c1-12-30(6)45(55(9)49(64)43(28(2)3)53-48(63)44(29(4)5)54(8)39(58)20-14-13-17-23-56-40(59)21-22-41(56)60)38(67-10)27-42(61)57-36-25-33(36)26-37(57)46(68-11)31(7)47(62)52-35(50(65)66)24-32-18-15-16-19-34(32)51/h15-16,18-19,21-22,28-31,33,35-38,43-46H,12-14,17,20,23-27H2,1-11H3,(H,52,62)(H,53,63)(H,65,66)/t30-,31+,33-,35-,36-,37-,38+,43-,44-,45-,46+/m0/s1. The van der Waals surface area contributed by atoms with Gasteiger partial charge in [0.2, 0.25) is 29.5 Å². The summed E-state index contributed by atoms with van der Waals surface area (Å²) in [5.74, 6) is -5.12. The van der Waals surface area contributed by atoms with E-state index >= 15 is 0 Å². The van der Waals surface area contributed by atoms with E-state index in [-0.39, 0.29) is 85.1 Å². The van der Waals surface area contributed by atoms with Crippen molar-refractivity contribution >= 4 is 58.9 Å². The average molecular weight is 972 g/mol. The highest BCUT2D eigenvalue weighted by molar-refractivity contribution is 6.31. The Morgan fingerprint density at radius 2 is 1.50 bits per heavy atom. The zero-order chi connectivity index (χ0) is 50.7. The molecule has 11 atom stereocenters. The van der Waals surface area contributed by atoms with Gasteiger partial charge in [0.15, 0.2) is 0 Å². The van der Waals surface area contributed by atoms with Gasteiger partial charge in [0.25, 0.3) is 11.8 Å². The number of carbonyl (C=O) groups is 8. The number of aliphatic carboxylic acids is 1. The van der Waals surface area contributed by atoms with Crippen molar-refractivity contribution in [1.82, 2.24) is 30.2 Å². The Morgan fingerprint density at radius 1 is 0.853 bits per heavy atom. The Bertz CT molecular complexity index is 2000. The smallest absolute Gasteiger partial charge is 0.326 e. The number of unbranched alkanes of at least 4 members (excludes halogenated alkanes) is 2. The molecule has 1 aliphatic carbocycles. The summed E-state index contributed by atoms with van der Waals surface area (Å²) in [4.78, 5) is 112. The van der Waals surface area contributed by atoms with Crippen LogP contribution in [0, 0.1) is 29.6 Å². The van der Waals surface area contributed by atoms with Crippen LogP contribution in [-0.4, -0.2) is 155 Å². The molecule has 68 heavy (non-hydrogen) atoms. The van der Waals surface area contributed by atoms with Crippen molar-refractivity contribution in [3.05, 3.63) is 47.0 Å². The summed E-state index contributed by atoms with van der Waals surface area (Å²) >= 11 is 6.31. The number of carboxylic acids is 1. The number of nitrogens with zero attached hydrogens (tertiary/aromatic N) is 4. The summed E-state index contributed by atoms with van der Waals surface area (Å²) in [6, 6.07) is 2.63. The molecule has 1 saturated carbocycles. The van der Waals surface area contributed by atoms with Crippen LogP contribution >= 0.6 is 11.6 Å². The molecule has 2 heterocycles. The molecule has 4 rings (SSSR count). The van der Waals surface area contributed by atoms with Crippen LogP contribution < -0.4 is 10.6 Å². The maximum absolute atomic E-state index is 14.6. The van der Waals surface area contributed by atoms with Crippen molar-refractivity contribution < 1.29 is 52.9 Å². The van der Waals surface area contributed by atoms with Gasteiger partial charge in [-0.1, -0.05) is 91.1 Å². The summed E-state index contributed by atoms with van der Waals surface area (Å²) in [5, 5.41) is 16.1. The van der Waals surface area contributed by atoms with Gasteiger partial charge in [0, 0.05) is 70.9 Å². The molecule has 0 bridgehead atoms. The number of benzene rings is 1. The van der Waals surface area contributed by atoms with Gasteiger partial charge in [-0.05, 0) is 61.0 Å². The van der Waals surface area contributed by atoms with Gasteiger partial charge in [-0.3, -0.25) is 38.5 Å². The number of methoxy groups -OCH3 is 2. The van der Waals surface area contributed by atoms with Crippen LogP contribution in [0.2, 0.25) is 5.02 Å². The lowest BCUT2D eigenvalue weighted by Gasteiger charge is -2.41. The number of carbonyl (C=O) groups excluding carboxylic acids is 7. The predicted molar refractivity (Wildman–Crippen MR) is 256 cm³/mol. The number of imide groups is 1. The maximum Gasteiger partial charge on any atom is 0.326 e. The topological polar surface area (TPSA) is 212 Å². The van der Waals surface area contributed by atoms with Gasteiger partial charge in [-0.25, -0.2) is 4.79 Å². The number of rotatable bonds is 27. The van der Waals surface area contributed by atoms with Crippen molar-refractivity contribution in [1.29, 1.82) is 0 Å². The first kappa shape index (κ1) is 55.7. The molecule has 0 spiro atoms. The molecule has 1 aromatic carbocycles. The average Bonchev–Trinajstić information content (AvgIpc) is 3.84. The van der Waals surface area contributed by atoms with Crippen LogP contribution in [0.3, 0.4) is 0 Å². The first-order valence-electron chi connectivity index (χ1n) is 24.1. The lowest BCUT2D eigenvalue weighted by atomic mass is 9.89. The molecule has 2 fully saturated rings. The minimum Gasteiger partial charge on any atom is -0.480 e. The van der Waals surface area contributed by atoms with E-state index in [2.05, 4.69) is 10.6 Å². The number of fused-ring (bicyclic) bond motifs is 1. The largest absolute Gasteiger partial charge is 0.480 e. The highest BCUT2D eigenvalue weighted by Crippen LogP contribution is 2.50. The molecule has 0 radical (unpaired) electrons. The Morgan fingerprint density at radius 3 is 2.06 bits per heavy atom. The summed E-state index contributed by atoms with van der Waals surface area (Å²) in [5.41, 5.74) is 0.579. The Hall–Kier alpha value is -4.87. The van der Waals surface area contributed by atoms with E-state index in [4.69, 9.17) is 21.1 Å². The number of hydrogen-bond acceptors (Lipinski definition) is 10. The van der Waals surface area contributed by atoms with Crippen molar-refractivity contribution in [2.24, 2.45) is 29.6 Å². The molecule has 18 heteroatoms. The third kappa shape index (κ3) is 13.7. The minimum absolute atomic E-state index is 0.0194. The third-order valence-electron chi connectivity index (χ3n) is 14.2.